The summed E-state index contributed by atoms with van der Waals surface area (Å²) >= 11 is -3.25. The third-order valence-corrected chi connectivity index (χ3v) is 8.82. The molecule has 0 N–H and O–H groups in total. The Morgan fingerprint density at radius 1 is 0.783 bits per heavy atom. The van der Waals surface area contributed by atoms with Gasteiger partial charge in [0.15, 0.2) is 0 Å². The summed E-state index contributed by atoms with van der Waals surface area (Å²) in [4.78, 5) is 0. The van der Waals surface area contributed by atoms with Gasteiger partial charge in [0.05, 0.1) is 0 Å². The molecule has 0 aliphatic heterocycles. The van der Waals surface area contributed by atoms with Crippen LogP contribution in [0.25, 0.3) is 0 Å². The van der Waals surface area contributed by atoms with E-state index >= 15 is 0 Å². The van der Waals surface area contributed by atoms with Gasteiger partial charge in [-0.2, -0.15) is 0 Å². The molecule has 1 aliphatic rings. The first kappa shape index (κ1) is 16.2. The molecule has 0 nitrogen and oxygen atoms in total. The van der Waals surface area contributed by atoms with Crippen LogP contribution in [0.1, 0.15) is 13.3 Å². The van der Waals surface area contributed by atoms with Crippen molar-refractivity contribution in [3.05, 3.63) is 81.3 Å². The van der Waals surface area contributed by atoms with E-state index in [0.29, 0.717) is 6.42 Å². The van der Waals surface area contributed by atoms with Crippen molar-refractivity contribution < 1.29 is 35.4 Å². The summed E-state index contributed by atoms with van der Waals surface area (Å²) in [6, 6.07) is 7.08. The van der Waals surface area contributed by atoms with Gasteiger partial charge < -0.3 is 0 Å². The van der Waals surface area contributed by atoms with Crippen LogP contribution in [0.5, 0.6) is 0 Å². The summed E-state index contributed by atoms with van der Waals surface area (Å²) in [5.74, 6) is -2.96. The summed E-state index contributed by atoms with van der Waals surface area (Å²) < 4.78 is 57.8. The van der Waals surface area contributed by atoms with Crippen LogP contribution in [-0.4, -0.2) is 0 Å². The van der Waals surface area contributed by atoms with Crippen molar-refractivity contribution in [1.82, 2.24) is 0 Å². The summed E-state index contributed by atoms with van der Waals surface area (Å²) in [5, 5.41) is 0. The first-order valence-electron chi connectivity index (χ1n) is 7.13. The Morgan fingerprint density at radius 2 is 1.22 bits per heavy atom. The molecule has 5 heteroatoms. The van der Waals surface area contributed by atoms with Gasteiger partial charge in [-0.25, -0.2) is 0 Å². The van der Waals surface area contributed by atoms with Gasteiger partial charge >= 0.3 is 138 Å². The molecule has 0 fully saturated rings. The van der Waals surface area contributed by atoms with Crippen LogP contribution < -0.4 is 7.74 Å². The van der Waals surface area contributed by atoms with E-state index in [1.807, 2.05) is 19.1 Å². The van der Waals surface area contributed by atoms with Crippen LogP contribution in [-0.2, 0) is 17.9 Å². The Balaban J connectivity index is 2.31. The summed E-state index contributed by atoms with van der Waals surface area (Å²) in [7, 11) is 0. The molecule has 0 unspecified atom stereocenters. The van der Waals surface area contributed by atoms with E-state index in [4.69, 9.17) is 0 Å². The summed E-state index contributed by atoms with van der Waals surface area (Å²) in [6.45, 7) is 1.81. The Bertz CT molecular complexity index is 732. The topological polar surface area (TPSA) is 0 Å². The zero-order valence-electron chi connectivity index (χ0n) is 12.3. The molecule has 0 spiro atoms. The average molecular weight is 353 g/mol. The van der Waals surface area contributed by atoms with E-state index in [1.165, 1.54) is 12.1 Å². The van der Waals surface area contributed by atoms with Crippen LogP contribution in [0.4, 0.5) is 17.6 Å². The number of hydrogen-bond donors (Lipinski definition) is 0. The van der Waals surface area contributed by atoms with Crippen LogP contribution in [0.3, 0.4) is 0 Å². The second kappa shape index (κ2) is 6.46. The molecule has 2 aromatic carbocycles. The number of halogens is 4. The van der Waals surface area contributed by atoms with Gasteiger partial charge in [0.1, 0.15) is 0 Å². The fourth-order valence-electron chi connectivity index (χ4n) is 2.81. The van der Waals surface area contributed by atoms with Crippen LogP contribution in [0.15, 0.2) is 58.0 Å². The zero-order chi connectivity index (χ0) is 16.6. The Labute approximate surface area is 138 Å². The second-order valence-electron chi connectivity index (χ2n) is 5.34. The number of rotatable bonds is 3. The molecule has 0 radical (unpaired) electrons. The molecule has 0 aromatic heterocycles. The van der Waals surface area contributed by atoms with E-state index in [-0.39, 0.29) is 7.74 Å². The molecule has 0 heterocycles. The third kappa shape index (κ3) is 2.93. The Morgan fingerprint density at radius 3 is 1.57 bits per heavy atom. The van der Waals surface area contributed by atoms with E-state index in [2.05, 4.69) is 0 Å². The SMILES string of the molecule is CC1=[C]([Ti]([c]2c(F)cccc2F)[c]2c(F)cccc2F)CC=C1. The molecular formula is C18H13F4Ti. The molecule has 0 atom stereocenters. The van der Waals surface area contributed by atoms with Crippen molar-refractivity contribution in [3.63, 3.8) is 0 Å². The summed E-state index contributed by atoms with van der Waals surface area (Å²) in [6.07, 6.45) is 4.16. The molecule has 2 aromatic rings. The molecule has 0 saturated carbocycles. The Hall–Kier alpha value is -1.65. The first-order chi connectivity index (χ1) is 11.0. The van der Waals surface area contributed by atoms with Gasteiger partial charge in [0.2, 0.25) is 0 Å². The van der Waals surface area contributed by atoms with Gasteiger partial charge in [0.25, 0.3) is 0 Å². The molecule has 0 amide bonds. The van der Waals surface area contributed by atoms with Crippen molar-refractivity contribution in [2.75, 3.05) is 0 Å². The van der Waals surface area contributed by atoms with E-state index in [1.54, 1.807) is 0 Å². The summed E-state index contributed by atoms with van der Waals surface area (Å²) in [5.41, 5.74) is 0.838. The minimum absolute atomic E-state index is 0.158. The second-order valence-corrected chi connectivity index (χ2v) is 9.01. The standard InChI is InChI=1S/2C6H3F2.C6H7.Ti/c2*7-5-2-1-3-6(8)4-5;1-6-4-2-3-5-6;/h2*1-3H;2,4H,3H2,1H3;. The van der Waals surface area contributed by atoms with Crippen molar-refractivity contribution in [2.24, 2.45) is 0 Å². The molecule has 1 aliphatic carbocycles. The number of benzene rings is 2. The minimum atomic E-state index is -3.25. The van der Waals surface area contributed by atoms with Crippen LogP contribution in [0.2, 0.25) is 0 Å². The molecular weight excluding hydrogens is 340 g/mol. The Kier molecular flexibility index (Phi) is 4.56. The van der Waals surface area contributed by atoms with E-state index < -0.39 is 41.1 Å². The normalized spacial score (nSPS) is 13.8. The van der Waals surface area contributed by atoms with Crippen molar-refractivity contribution in [1.29, 1.82) is 0 Å². The number of hydrogen-bond acceptors (Lipinski definition) is 0. The van der Waals surface area contributed by atoms with Gasteiger partial charge in [-0.05, 0) is 0 Å². The number of allylic oxidation sites excluding steroid dienone is 4. The van der Waals surface area contributed by atoms with Gasteiger partial charge in [-0.3, -0.25) is 0 Å². The fraction of sp³-hybridized carbons (Fsp3) is 0.111. The van der Waals surface area contributed by atoms with Crippen LogP contribution >= 0.6 is 0 Å². The van der Waals surface area contributed by atoms with Crippen LogP contribution in [0, 0.1) is 23.3 Å². The fourth-order valence-corrected chi connectivity index (χ4v) is 7.41. The molecule has 0 bridgehead atoms. The predicted molar refractivity (Wildman–Crippen MR) is 78.4 cm³/mol. The van der Waals surface area contributed by atoms with Gasteiger partial charge in [-0.1, -0.05) is 0 Å². The maximum absolute atomic E-state index is 14.3. The quantitative estimate of drug-likeness (QED) is 0.577. The van der Waals surface area contributed by atoms with Crippen molar-refractivity contribution in [2.45, 2.75) is 13.3 Å². The maximum atomic E-state index is 14.3. The van der Waals surface area contributed by atoms with Crippen molar-refractivity contribution in [3.8, 4) is 0 Å². The van der Waals surface area contributed by atoms with Crippen molar-refractivity contribution >= 4 is 7.74 Å². The van der Waals surface area contributed by atoms with E-state index in [9.17, 15) is 17.6 Å². The van der Waals surface area contributed by atoms with Gasteiger partial charge in [0, 0.05) is 0 Å². The molecule has 0 saturated heterocycles. The first-order valence-corrected chi connectivity index (χ1v) is 9.47. The average Bonchev–Trinajstić information content (AvgIpc) is 2.91. The predicted octanol–water partition coefficient (Wildman–Crippen LogP) is 4.05. The van der Waals surface area contributed by atoms with Gasteiger partial charge in [-0.15, -0.1) is 0 Å². The third-order valence-electron chi connectivity index (χ3n) is 3.89. The van der Waals surface area contributed by atoms with E-state index in [0.717, 1.165) is 33.7 Å². The molecule has 117 valence electrons. The molecule has 23 heavy (non-hydrogen) atoms. The molecule has 3 rings (SSSR count). The zero-order valence-corrected chi connectivity index (χ0v) is 13.9. The monoisotopic (exact) mass is 353 g/mol.